The van der Waals surface area contributed by atoms with E-state index in [1.165, 1.54) is 16.7 Å². The van der Waals surface area contributed by atoms with Gasteiger partial charge in [0.2, 0.25) is 0 Å². The van der Waals surface area contributed by atoms with Crippen LogP contribution in [-0.4, -0.2) is 41.8 Å². The van der Waals surface area contributed by atoms with Crippen LogP contribution in [0.1, 0.15) is 36.0 Å². The van der Waals surface area contributed by atoms with Crippen molar-refractivity contribution in [2.75, 3.05) is 19.7 Å². The van der Waals surface area contributed by atoms with Crippen molar-refractivity contribution in [3.05, 3.63) is 34.9 Å². The van der Waals surface area contributed by atoms with Crippen molar-refractivity contribution in [3.63, 3.8) is 0 Å². The van der Waals surface area contributed by atoms with Crippen molar-refractivity contribution in [3.8, 4) is 0 Å². The molecule has 1 aliphatic heterocycles. The molecule has 0 bridgehead atoms. The Morgan fingerprint density at radius 1 is 1.33 bits per heavy atom. The van der Waals surface area contributed by atoms with Crippen molar-refractivity contribution >= 4 is 5.97 Å². The van der Waals surface area contributed by atoms with Gasteiger partial charge in [-0.1, -0.05) is 23.8 Å². The summed E-state index contributed by atoms with van der Waals surface area (Å²) in [6, 6.07) is 6.63. The van der Waals surface area contributed by atoms with E-state index in [9.17, 15) is 4.79 Å². The van der Waals surface area contributed by atoms with E-state index < -0.39 is 5.97 Å². The summed E-state index contributed by atoms with van der Waals surface area (Å²) in [5, 5.41) is 8.61. The van der Waals surface area contributed by atoms with E-state index >= 15 is 0 Å². The molecule has 0 aromatic heterocycles. The Morgan fingerprint density at radius 2 is 2.05 bits per heavy atom. The quantitative estimate of drug-likeness (QED) is 0.875. The third kappa shape index (κ3) is 5.14. The third-order valence-electron chi connectivity index (χ3n) is 4.10. The second kappa shape index (κ2) is 7.57. The van der Waals surface area contributed by atoms with E-state index in [-0.39, 0.29) is 12.5 Å². The van der Waals surface area contributed by atoms with Crippen LogP contribution in [0.15, 0.2) is 18.2 Å². The Kier molecular flexibility index (Phi) is 5.76. The minimum absolute atomic E-state index is 0.1000. The van der Waals surface area contributed by atoms with Crippen LogP contribution in [0.2, 0.25) is 0 Å². The number of nitrogens with zero attached hydrogens (tertiary/aromatic N) is 1. The third-order valence-corrected chi connectivity index (χ3v) is 4.10. The lowest BCUT2D eigenvalue weighted by molar-refractivity contribution is -0.138. The lowest BCUT2D eigenvalue weighted by Gasteiger charge is -2.32. The maximum absolute atomic E-state index is 10.5. The number of likely N-dealkylation sites (tertiary alicyclic amines) is 1. The molecule has 116 valence electrons. The Balaban J connectivity index is 1.75. The van der Waals surface area contributed by atoms with Crippen LogP contribution in [0.4, 0.5) is 0 Å². The van der Waals surface area contributed by atoms with E-state index in [4.69, 9.17) is 9.84 Å². The predicted octanol–water partition coefficient (Wildman–Crippen LogP) is 2.76. The van der Waals surface area contributed by atoms with E-state index in [1.54, 1.807) is 0 Å². The number of ether oxygens (including phenoxy) is 1. The number of carboxylic acid groups (broad SMARTS) is 1. The summed E-state index contributed by atoms with van der Waals surface area (Å²) in [5.41, 5.74) is 4.06. The van der Waals surface area contributed by atoms with Crippen LogP contribution in [0, 0.1) is 13.8 Å². The minimum Gasteiger partial charge on any atom is -0.481 e. The maximum atomic E-state index is 10.5. The number of aliphatic carboxylic acids is 1. The lowest BCUT2D eigenvalue weighted by Crippen LogP contribution is -2.37. The van der Waals surface area contributed by atoms with Gasteiger partial charge < -0.3 is 9.84 Å². The fourth-order valence-electron chi connectivity index (χ4n) is 2.81. The van der Waals surface area contributed by atoms with Gasteiger partial charge in [0.25, 0.3) is 0 Å². The molecule has 0 atom stereocenters. The van der Waals surface area contributed by atoms with Gasteiger partial charge in [0.05, 0.1) is 19.1 Å². The summed E-state index contributed by atoms with van der Waals surface area (Å²) >= 11 is 0. The first kappa shape index (κ1) is 16.0. The fourth-order valence-corrected chi connectivity index (χ4v) is 2.81. The van der Waals surface area contributed by atoms with Crippen molar-refractivity contribution in [1.29, 1.82) is 0 Å². The largest absolute Gasteiger partial charge is 0.481 e. The molecule has 1 aromatic rings. The van der Waals surface area contributed by atoms with E-state index in [2.05, 4.69) is 36.9 Å². The molecule has 1 fully saturated rings. The number of aryl methyl sites for hydroxylation is 2. The van der Waals surface area contributed by atoms with Gasteiger partial charge in [-0.2, -0.15) is 0 Å². The molecule has 1 saturated heterocycles. The van der Waals surface area contributed by atoms with E-state index in [1.807, 2.05) is 0 Å². The van der Waals surface area contributed by atoms with Gasteiger partial charge in [-0.15, -0.1) is 0 Å². The molecule has 2 rings (SSSR count). The van der Waals surface area contributed by atoms with Gasteiger partial charge in [0.1, 0.15) is 0 Å². The summed E-state index contributed by atoms with van der Waals surface area (Å²) in [4.78, 5) is 12.9. The molecular weight excluding hydrogens is 266 g/mol. The summed E-state index contributed by atoms with van der Waals surface area (Å²) < 4.78 is 5.62. The van der Waals surface area contributed by atoms with Crippen LogP contribution in [0.3, 0.4) is 0 Å². The molecule has 1 heterocycles. The first-order valence-electron chi connectivity index (χ1n) is 7.66. The molecule has 1 N–H and O–H groups in total. The second-order valence-electron chi connectivity index (χ2n) is 5.92. The van der Waals surface area contributed by atoms with Gasteiger partial charge in [0.15, 0.2) is 0 Å². The average molecular weight is 291 g/mol. The summed E-state index contributed by atoms with van der Waals surface area (Å²) in [6.45, 7) is 7.65. The Labute approximate surface area is 126 Å². The number of carboxylic acids is 1. The molecule has 1 aliphatic rings. The zero-order chi connectivity index (χ0) is 15.2. The molecule has 0 unspecified atom stereocenters. The Bertz CT molecular complexity index is 479. The molecular formula is C17H25NO3. The molecule has 0 aliphatic carbocycles. The molecule has 0 radical (unpaired) electrons. The van der Waals surface area contributed by atoms with Crippen LogP contribution >= 0.6 is 0 Å². The number of hydrogen-bond donors (Lipinski definition) is 1. The number of carbonyl (C=O) groups is 1. The van der Waals surface area contributed by atoms with Crippen LogP contribution in [-0.2, 0) is 16.1 Å². The number of piperidine rings is 1. The Hall–Kier alpha value is -1.39. The van der Waals surface area contributed by atoms with Crippen LogP contribution in [0.5, 0.6) is 0 Å². The SMILES string of the molecule is Cc1ccc(CN2CCC(OCCC(=O)O)CC2)c(C)c1. The molecule has 4 nitrogen and oxygen atoms in total. The average Bonchev–Trinajstić information content (AvgIpc) is 2.43. The van der Waals surface area contributed by atoms with E-state index in [0.717, 1.165) is 32.5 Å². The van der Waals surface area contributed by atoms with Gasteiger partial charge in [0, 0.05) is 19.6 Å². The minimum atomic E-state index is -0.790. The first-order valence-corrected chi connectivity index (χ1v) is 7.66. The Morgan fingerprint density at radius 3 is 2.67 bits per heavy atom. The zero-order valence-electron chi connectivity index (χ0n) is 13.0. The van der Waals surface area contributed by atoms with Crippen molar-refractivity contribution < 1.29 is 14.6 Å². The zero-order valence-corrected chi connectivity index (χ0v) is 13.0. The summed E-state index contributed by atoms with van der Waals surface area (Å²) in [6.07, 6.45) is 2.30. The fraction of sp³-hybridized carbons (Fsp3) is 0.588. The number of benzene rings is 1. The second-order valence-corrected chi connectivity index (χ2v) is 5.92. The molecule has 21 heavy (non-hydrogen) atoms. The highest BCUT2D eigenvalue weighted by Gasteiger charge is 2.20. The lowest BCUT2D eigenvalue weighted by atomic mass is 10.0. The van der Waals surface area contributed by atoms with E-state index in [0.29, 0.717) is 6.61 Å². The molecule has 0 saturated carbocycles. The highest BCUT2D eigenvalue weighted by Crippen LogP contribution is 2.18. The predicted molar refractivity (Wildman–Crippen MR) is 82.4 cm³/mol. The molecule has 1 aromatic carbocycles. The van der Waals surface area contributed by atoms with Crippen molar-refractivity contribution in [2.45, 2.75) is 45.8 Å². The molecule has 0 amide bonds. The first-order chi connectivity index (χ1) is 10.0. The van der Waals surface area contributed by atoms with Gasteiger partial charge in [-0.25, -0.2) is 0 Å². The highest BCUT2D eigenvalue weighted by atomic mass is 16.5. The van der Waals surface area contributed by atoms with Crippen LogP contribution in [0.25, 0.3) is 0 Å². The smallest absolute Gasteiger partial charge is 0.305 e. The van der Waals surface area contributed by atoms with Crippen molar-refractivity contribution in [2.24, 2.45) is 0 Å². The van der Waals surface area contributed by atoms with Gasteiger partial charge >= 0.3 is 5.97 Å². The number of rotatable bonds is 6. The summed E-state index contributed by atoms with van der Waals surface area (Å²) in [7, 11) is 0. The van der Waals surface area contributed by atoms with Gasteiger partial charge in [-0.05, 0) is 37.8 Å². The van der Waals surface area contributed by atoms with Gasteiger partial charge in [-0.3, -0.25) is 9.69 Å². The van der Waals surface area contributed by atoms with Crippen molar-refractivity contribution in [1.82, 2.24) is 4.90 Å². The number of hydrogen-bond acceptors (Lipinski definition) is 3. The standard InChI is InChI=1S/C17H25NO3/c1-13-3-4-15(14(2)11-13)12-18-8-5-16(6-9-18)21-10-7-17(19)20/h3-4,11,16H,5-10,12H2,1-2H3,(H,19,20). The normalized spacial score (nSPS) is 17.0. The summed E-state index contributed by atoms with van der Waals surface area (Å²) in [5.74, 6) is -0.790. The topological polar surface area (TPSA) is 49.8 Å². The maximum Gasteiger partial charge on any atom is 0.305 e. The highest BCUT2D eigenvalue weighted by molar-refractivity contribution is 5.66. The van der Waals surface area contributed by atoms with Crippen LogP contribution < -0.4 is 0 Å². The molecule has 0 spiro atoms. The monoisotopic (exact) mass is 291 g/mol. The molecule has 4 heteroatoms.